The van der Waals surface area contributed by atoms with E-state index in [1.165, 1.54) is 137 Å². The summed E-state index contributed by atoms with van der Waals surface area (Å²) in [5.74, 6) is 1.81. The second-order valence-corrected chi connectivity index (χ2v) is 24.7. The fourth-order valence-corrected chi connectivity index (χ4v) is 13.9. The Balaban J connectivity index is 1.06. The summed E-state index contributed by atoms with van der Waals surface area (Å²) in [6.07, 6.45) is 0. The van der Waals surface area contributed by atoms with Crippen LogP contribution in [0.3, 0.4) is 0 Å². The summed E-state index contributed by atoms with van der Waals surface area (Å²) < 4.78 is 11.4. The number of aryl methyl sites for hydroxylation is 6. The topological polar surface area (TPSA) is 20.6 Å². The first-order chi connectivity index (χ1) is 37.2. The molecule has 1 aromatic heterocycles. The van der Waals surface area contributed by atoms with Crippen molar-refractivity contribution < 1.29 is 4.74 Å². The fraction of sp³-hybridized carbons (Fsp3) is 0.143. The molecule has 4 aliphatic heterocycles. The summed E-state index contributed by atoms with van der Waals surface area (Å²) in [4.78, 5) is 5.09. The van der Waals surface area contributed by atoms with Crippen molar-refractivity contribution >= 4 is 125 Å². The molecule has 370 valence electrons. The number of halogens is 1. The lowest BCUT2D eigenvalue weighted by Gasteiger charge is -2.45. The first kappa shape index (κ1) is 46.6. The summed E-state index contributed by atoms with van der Waals surface area (Å²) >= 11 is 2.44. The predicted octanol–water partition coefficient (Wildman–Crippen LogP) is 14.9. The Morgan fingerprint density at radius 2 is 1.01 bits per heavy atom. The standard InChI is InChI=1S/C70H56B2IN3O/c1-39-15-23-49(24-16-39)74-60-27-17-42(4)31-56(60)72-57-37-58-65(38-61(57)75(50-25-21-48(73)22-26-50)63-33-45(32-62(74)67(63)72)52-29-40(2)13-18-43(52)5)77-66-35-46(53-30-41(3)14-19-44(53)6)34-64-68(66)71(58)55-12-10-11-51-54-36-47(70(7,8)9)20-28-59(54)76(64)69(51)55/h10-38H,1-9H3. The summed E-state index contributed by atoms with van der Waals surface area (Å²) in [5, 5.41) is 2.57. The second-order valence-electron chi connectivity index (χ2n) is 23.5. The molecule has 4 nitrogen and oxygen atoms in total. The van der Waals surface area contributed by atoms with Gasteiger partial charge in [-0.3, -0.25) is 0 Å². The Morgan fingerprint density at radius 3 is 1.70 bits per heavy atom. The lowest BCUT2D eigenvalue weighted by Crippen LogP contribution is -2.64. The van der Waals surface area contributed by atoms with Crippen molar-refractivity contribution in [2.45, 2.75) is 67.7 Å². The van der Waals surface area contributed by atoms with E-state index >= 15 is 0 Å². The Hall–Kier alpha value is -7.74. The maximum atomic E-state index is 7.63. The maximum absolute atomic E-state index is 7.63. The summed E-state index contributed by atoms with van der Waals surface area (Å²) in [7, 11) is 0. The van der Waals surface area contributed by atoms with Crippen LogP contribution in [0.15, 0.2) is 176 Å². The van der Waals surface area contributed by atoms with Gasteiger partial charge in [-0.05, 0) is 220 Å². The number of fused-ring (bicyclic) bond motifs is 11. The van der Waals surface area contributed by atoms with E-state index in [-0.39, 0.29) is 18.8 Å². The largest absolute Gasteiger partial charge is 0.458 e. The minimum atomic E-state index is -0.0896. The maximum Gasteiger partial charge on any atom is 0.256 e. The number of hydrogen-bond donors (Lipinski definition) is 0. The molecular formula is C70H56B2IN3O. The van der Waals surface area contributed by atoms with Gasteiger partial charge in [0.2, 0.25) is 0 Å². The number of nitrogens with zero attached hydrogens (tertiary/aromatic N) is 3. The van der Waals surface area contributed by atoms with Gasteiger partial charge < -0.3 is 19.1 Å². The third-order valence-corrected chi connectivity index (χ3v) is 18.0. The Kier molecular flexibility index (Phi) is 10.1. The molecule has 0 bridgehead atoms. The first-order valence-electron chi connectivity index (χ1n) is 27.1. The third kappa shape index (κ3) is 6.91. The number of rotatable bonds is 4. The van der Waals surface area contributed by atoms with E-state index in [0.29, 0.717) is 0 Å². The van der Waals surface area contributed by atoms with E-state index in [2.05, 4.69) is 275 Å². The van der Waals surface area contributed by atoms with Gasteiger partial charge in [0.05, 0.1) is 5.52 Å². The van der Waals surface area contributed by atoms with Crippen molar-refractivity contribution in [1.82, 2.24) is 4.57 Å². The number of para-hydroxylation sites is 1. The first-order valence-corrected chi connectivity index (χ1v) is 28.2. The van der Waals surface area contributed by atoms with Gasteiger partial charge in [0, 0.05) is 65.7 Å². The molecule has 0 saturated carbocycles. The highest BCUT2D eigenvalue weighted by atomic mass is 127. The number of benzene rings is 10. The van der Waals surface area contributed by atoms with Crippen molar-refractivity contribution in [2.75, 3.05) is 9.80 Å². The highest BCUT2D eigenvalue weighted by molar-refractivity contribution is 14.1. The molecule has 5 heterocycles. The van der Waals surface area contributed by atoms with Crippen LogP contribution in [0.5, 0.6) is 11.5 Å². The van der Waals surface area contributed by atoms with Crippen LogP contribution < -0.4 is 47.3 Å². The Bertz CT molecular complexity index is 4390. The lowest BCUT2D eigenvalue weighted by atomic mass is 9.30. The molecule has 7 heteroatoms. The van der Waals surface area contributed by atoms with E-state index in [1.807, 2.05) is 0 Å². The molecule has 77 heavy (non-hydrogen) atoms. The number of aromatic nitrogens is 1. The second kappa shape index (κ2) is 16.6. The Labute approximate surface area is 466 Å². The molecule has 0 fully saturated rings. The van der Waals surface area contributed by atoms with Gasteiger partial charge in [0.1, 0.15) is 11.5 Å². The lowest BCUT2D eigenvalue weighted by molar-refractivity contribution is 0.487. The minimum Gasteiger partial charge on any atom is -0.458 e. The average Bonchev–Trinajstić information content (AvgIpc) is 3.99. The monoisotopic (exact) mass is 1100 g/mol. The molecule has 0 N–H and O–H groups in total. The normalized spacial score (nSPS) is 13.6. The molecule has 0 atom stereocenters. The van der Waals surface area contributed by atoms with Gasteiger partial charge in [-0.1, -0.05) is 134 Å². The van der Waals surface area contributed by atoms with Crippen LogP contribution >= 0.6 is 22.6 Å². The summed E-state index contributed by atoms with van der Waals surface area (Å²) in [5.41, 5.74) is 31.9. The predicted molar refractivity (Wildman–Crippen MR) is 337 cm³/mol. The summed E-state index contributed by atoms with van der Waals surface area (Å²) in [6.45, 7) is 20.1. The molecule has 0 spiro atoms. The van der Waals surface area contributed by atoms with E-state index in [1.54, 1.807) is 0 Å². The number of hydrogen-bond acceptors (Lipinski definition) is 3. The SMILES string of the molecule is Cc1ccc(N2c3ccc(C)cc3B3c4cc5c(cc4N(c4ccc(I)cc4)c4cc(-c6cc(C)ccc6C)cc2c43)Oc2cc(-c3cc(C)ccc3C)cc3c2B5c2cccc4c5cc(C(C)(C)C)ccc5n-3c24)cc1. The fourth-order valence-electron chi connectivity index (χ4n) is 13.5. The molecule has 0 aliphatic carbocycles. The van der Waals surface area contributed by atoms with Crippen LogP contribution in [-0.2, 0) is 5.41 Å². The van der Waals surface area contributed by atoms with Crippen LogP contribution in [0.2, 0.25) is 0 Å². The van der Waals surface area contributed by atoms with Crippen LogP contribution in [0.25, 0.3) is 49.7 Å². The van der Waals surface area contributed by atoms with Crippen molar-refractivity contribution in [2.24, 2.45) is 0 Å². The van der Waals surface area contributed by atoms with E-state index in [0.717, 1.165) is 34.1 Å². The molecule has 15 rings (SSSR count). The minimum absolute atomic E-state index is 0.00220. The quantitative estimate of drug-likeness (QED) is 0.129. The van der Waals surface area contributed by atoms with Crippen LogP contribution in [-0.4, -0.2) is 18.0 Å². The highest BCUT2D eigenvalue weighted by Crippen LogP contribution is 2.49. The number of ether oxygens (including phenoxy) is 1. The van der Waals surface area contributed by atoms with Crippen molar-refractivity contribution in [3.8, 4) is 39.4 Å². The van der Waals surface area contributed by atoms with Crippen LogP contribution in [0.4, 0.5) is 34.1 Å². The smallest absolute Gasteiger partial charge is 0.256 e. The number of anilines is 6. The van der Waals surface area contributed by atoms with Crippen molar-refractivity contribution in [1.29, 1.82) is 0 Å². The molecule has 0 amide bonds. The van der Waals surface area contributed by atoms with Gasteiger partial charge in [0.25, 0.3) is 13.4 Å². The van der Waals surface area contributed by atoms with Crippen LogP contribution in [0, 0.1) is 45.1 Å². The molecule has 0 saturated heterocycles. The third-order valence-electron chi connectivity index (χ3n) is 17.3. The molecule has 11 aromatic rings. The highest BCUT2D eigenvalue weighted by Gasteiger charge is 2.47. The van der Waals surface area contributed by atoms with Gasteiger partial charge in [-0.2, -0.15) is 0 Å². The van der Waals surface area contributed by atoms with Gasteiger partial charge in [-0.15, -0.1) is 0 Å². The van der Waals surface area contributed by atoms with E-state index in [9.17, 15) is 0 Å². The van der Waals surface area contributed by atoms with Crippen molar-refractivity contribution in [3.05, 3.63) is 218 Å². The van der Waals surface area contributed by atoms with E-state index < -0.39 is 0 Å². The van der Waals surface area contributed by atoms with Crippen molar-refractivity contribution in [3.63, 3.8) is 0 Å². The zero-order valence-electron chi connectivity index (χ0n) is 45.0. The van der Waals surface area contributed by atoms with Gasteiger partial charge >= 0.3 is 0 Å². The summed E-state index contributed by atoms with van der Waals surface area (Å²) in [6, 6.07) is 67.9. The van der Waals surface area contributed by atoms with Gasteiger partial charge in [0.15, 0.2) is 0 Å². The van der Waals surface area contributed by atoms with Gasteiger partial charge in [-0.25, -0.2) is 0 Å². The molecule has 4 aliphatic rings. The zero-order valence-corrected chi connectivity index (χ0v) is 47.2. The van der Waals surface area contributed by atoms with E-state index in [4.69, 9.17) is 4.74 Å². The van der Waals surface area contributed by atoms with Crippen LogP contribution in [0.1, 0.15) is 59.7 Å². The molecule has 0 radical (unpaired) electrons. The molecular weight excluding hydrogens is 1050 g/mol. The zero-order chi connectivity index (χ0) is 52.5. The molecule has 0 unspecified atom stereocenters. The average molecular weight is 1100 g/mol. The molecule has 10 aromatic carbocycles. The Morgan fingerprint density at radius 1 is 0.429 bits per heavy atom.